The summed E-state index contributed by atoms with van der Waals surface area (Å²) in [7, 11) is 1.60. The summed E-state index contributed by atoms with van der Waals surface area (Å²) in [4.78, 5) is 11.8. The van der Waals surface area contributed by atoms with Crippen LogP contribution in [0.5, 0.6) is 5.75 Å². The molecule has 5 nitrogen and oxygen atoms in total. The van der Waals surface area contributed by atoms with Crippen molar-refractivity contribution in [3.63, 3.8) is 0 Å². The van der Waals surface area contributed by atoms with Crippen LogP contribution in [0.3, 0.4) is 0 Å². The van der Waals surface area contributed by atoms with Crippen molar-refractivity contribution in [2.24, 2.45) is 0 Å². The lowest BCUT2D eigenvalue weighted by molar-refractivity contribution is 0.173. The van der Waals surface area contributed by atoms with Gasteiger partial charge in [0.2, 0.25) is 0 Å². The van der Waals surface area contributed by atoms with E-state index in [-0.39, 0.29) is 12.6 Å². The minimum absolute atomic E-state index is 0.121. The molecule has 2 aromatic carbocycles. The number of ether oxygens (including phenoxy) is 1. The van der Waals surface area contributed by atoms with Crippen molar-refractivity contribution < 1.29 is 14.6 Å². The van der Waals surface area contributed by atoms with E-state index in [1.54, 1.807) is 31.4 Å². The first kappa shape index (κ1) is 17.1. The quantitative estimate of drug-likeness (QED) is 0.760. The number of aliphatic hydroxyl groups is 1. The Morgan fingerprint density at radius 3 is 2.39 bits per heavy atom. The molecule has 0 bridgehead atoms. The van der Waals surface area contributed by atoms with Crippen LogP contribution in [0.15, 0.2) is 48.5 Å². The standard InChI is InChI=1S/C17H19ClN2O3/c1-23-15-8-2-12(3-9-15)10-19-17(22)20-11-16(21)13-4-6-14(18)7-5-13/h2-9,16,21H,10-11H2,1H3,(H2,19,20,22). The van der Waals surface area contributed by atoms with Crippen LogP contribution in [0.4, 0.5) is 4.79 Å². The Bertz CT molecular complexity index is 629. The lowest BCUT2D eigenvalue weighted by atomic mass is 10.1. The number of amides is 2. The molecule has 3 N–H and O–H groups in total. The van der Waals surface area contributed by atoms with E-state index in [0.29, 0.717) is 17.1 Å². The lowest BCUT2D eigenvalue weighted by Gasteiger charge is -2.13. The topological polar surface area (TPSA) is 70.6 Å². The van der Waals surface area contributed by atoms with Gasteiger partial charge in [-0.25, -0.2) is 4.79 Å². The lowest BCUT2D eigenvalue weighted by Crippen LogP contribution is -2.37. The van der Waals surface area contributed by atoms with Gasteiger partial charge in [0.15, 0.2) is 0 Å². The van der Waals surface area contributed by atoms with Gasteiger partial charge in [-0.15, -0.1) is 0 Å². The van der Waals surface area contributed by atoms with E-state index in [9.17, 15) is 9.90 Å². The van der Waals surface area contributed by atoms with E-state index in [1.807, 2.05) is 24.3 Å². The second-order valence-corrected chi connectivity index (χ2v) is 5.42. The fraction of sp³-hybridized carbons (Fsp3) is 0.235. The minimum Gasteiger partial charge on any atom is -0.497 e. The highest BCUT2D eigenvalue weighted by Crippen LogP contribution is 2.15. The summed E-state index contributed by atoms with van der Waals surface area (Å²) in [6.07, 6.45) is -0.779. The van der Waals surface area contributed by atoms with Gasteiger partial charge in [0, 0.05) is 18.1 Å². The monoisotopic (exact) mass is 334 g/mol. The van der Waals surface area contributed by atoms with Crippen LogP contribution in [0.2, 0.25) is 5.02 Å². The number of rotatable bonds is 6. The third kappa shape index (κ3) is 5.47. The molecule has 0 radical (unpaired) electrons. The maximum atomic E-state index is 11.8. The summed E-state index contributed by atoms with van der Waals surface area (Å²) < 4.78 is 5.07. The fourth-order valence-electron chi connectivity index (χ4n) is 1.98. The molecule has 0 aliphatic heterocycles. The van der Waals surface area contributed by atoms with E-state index >= 15 is 0 Å². The van der Waals surface area contributed by atoms with Gasteiger partial charge >= 0.3 is 6.03 Å². The summed E-state index contributed by atoms with van der Waals surface area (Å²) >= 11 is 5.79. The Kier molecular flexibility index (Phi) is 6.26. The van der Waals surface area contributed by atoms with Crippen LogP contribution in [-0.2, 0) is 6.54 Å². The van der Waals surface area contributed by atoms with Crippen molar-refractivity contribution in [2.75, 3.05) is 13.7 Å². The number of urea groups is 1. The summed E-state index contributed by atoms with van der Waals surface area (Å²) in [6, 6.07) is 13.9. The van der Waals surface area contributed by atoms with Gasteiger partial charge in [-0.2, -0.15) is 0 Å². The Labute approximate surface area is 140 Å². The minimum atomic E-state index is -0.779. The third-order valence-electron chi connectivity index (χ3n) is 3.32. The highest BCUT2D eigenvalue weighted by molar-refractivity contribution is 6.30. The molecule has 0 aromatic heterocycles. The molecule has 2 aromatic rings. The second-order valence-electron chi connectivity index (χ2n) is 4.98. The average molecular weight is 335 g/mol. The number of hydrogen-bond donors (Lipinski definition) is 3. The summed E-state index contributed by atoms with van der Waals surface area (Å²) in [5.41, 5.74) is 1.66. The molecular formula is C17H19ClN2O3. The van der Waals surface area contributed by atoms with Crippen molar-refractivity contribution in [3.8, 4) is 5.75 Å². The summed E-state index contributed by atoms with van der Waals surface area (Å²) in [5.74, 6) is 0.768. The van der Waals surface area contributed by atoms with Gasteiger partial charge < -0.3 is 20.5 Å². The molecule has 6 heteroatoms. The zero-order chi connectivity index (χ0) is 16.7. The predicted molar refractivity (Wildman–Crippen MR) is 89.6 cm³/mol. The zero-order valence-corrected chi connectivity index (χ0v) is 13.5. The Balaban J connectivity index is 1.74. The molecular weight excluding hydrogens is 316 g/mol. The molecule has 1 atom stereocenters. The molecule has 0 aliphatic rings. The van der Waals surface area contributed by atoms with E-state index < -0.39 is 6.10 Å². The first-order valence-corrected chi connectivity index (χ1v) is 7.54. The van der Waals surface area contributed by atoms with Crippen LogP contribution in [-0.4, -0.2) is 24.8 Å². The number of aliphatic hydroxyl groups excluding tert-OH is 1. The molecule has 2 amide bonds. The van der Waals surface area contributed by atoms with E-state index in [2.05, 4.69) is 10.6 Å². The molecule has 23 heavy (non-hydrogen) atoms. The number of carbonyl (C=O) groups is 1. The first-order valence-electron chi connectivity index (χ1n) is 7.16. The van der Waals surface area contributed by atoms with Gasteiger partial charge in [-0.3, -0.25) is 0 Å². The van der Waals surface area contributed by atoms with E-state index in [1.165, 1.54) is 0 Å². The normalized spacial score (nSPS) is 11.6. The van der Waals surface area contributed by atoms with Gasteiger partial charge in [0.05, 0.1) is 13.2 Å². The molecule has 0 saturated carbocycles. The van der Waals surface area contributed by atoms with Gasteiger partial charge in [0.25, 0.3) is 0 Å². The SMILES string of the molecule is COc1ccc(CNC(=O)NCC(O)c2ccc(Cl)cc2)cc1. The summed E-state index contributed by atoms with van der Waals surface area (Å²) in [5, 5.41) is 16.0. The van der Waals surface area contributed by atoms with Crippen LogP contribution in [0.1, 0.15) is 17.2 Å². The van der Waals surface area contributed by atoms with Crippen LogP contribution in [0, 0.1) is 0 Å². The molecule has 1 unspecified atom stereocenters. The van der Waals surface area contributed by atoms with E-state index in [4.69, 9.17) is 16.3 Å². The first-order chi connectivity index (χ1) is 11.1. The maximum absolute atomic E-state index is 11.8. The molecule has 0 saturated heterocycles. The highest BCUT2D eigenvalue weighted by atomic mass is 35.5. The van der Waals surface area contributed by atoms with Crippen LogP contribution >= 0.6 is 11.6 Å². The van der Waals surface area contributed by atoms with Crippen molar-refractivity contribution in [1.82, 2.24) is 10.6 Å². The smallest absolute Gasteiger partial charge is 0.315 e. The Morgan fingerprint density at radius 1 is 1.13 bits per heavy atom. The molecule has 0 aliphatic carbocycles. The number of hydrogen-bond acceptors (Lipinski definition) is 3. The molecule has 0 heterocycles. The van der Waals surface area contributed by atoms with Crippen molar-refractivity contribution >= 4 is 17.6 Å². The van der Waals surface area contributed by atoms with E-state index in [0.717, 1.165) is 11.3 Å². The molecule has 0 spiro atoms. The molecule has 122 valence electrons. The Morgan fingerprint density at radius 2 is 1.78 bits per heavy atom. The van der Waals surface area contributed by atoms with Crippen molar-refractivity contribution in [2.45, 2.75) is 12.6 Å². The zero-order valence-electron chi connectivity index (χ0n) is 12.8. The fourth-order valence-corrected chi connectivity index (χ4v) is 2.11. The molecule has 0 fully saturated rings. The van der Waals surface area contributed by atoms with Gasteiger partial charge in [-0.1, -0.05) is 35.9 Å². The number of nitrogens with one attached hydrogen (secondary N) is 2. The number of halogens is 1. The summed E-state index contributed by atoms with van der Waals surface area (Å²) in [6.45, 7) is 0.517. The van der Waals surface area contributed by atoms with Crippen LogP contribution < -0.4 is 15.4 Å². The van der Waals surface area contributed by atoms with Crippen LogP contribution in [0.25, 0.3) is 0 Å². The predicted octanol–water partition coefficient (Wildman–Crippen LogP) is 2.88. The highest BCUT2D eigenvalue weighted by Gasteiger charge is 2.09. The number of benzene rings is 2. The number of methoxy groups -OCH3 is 1. The second kappa shape index (κ2) is 8.41. The number of carbonyl (C=O) groups excluding carboxylic acids is 1. The largest absolute Gasteiger partial charge is 0.497 e. The van der Waals surface area contributed by atoms with Crippen molar-refractivity contribution in [1.29, 1.82) is 0 Å². The van der Waals surface area contributed by atoms with Gasteiger partial charge in [-0.05, 0) is 35.4 Å². The van der Waals surface area contributed by atoms with Gasteiger partial charge in [0.1, 0.15) is 5.75 Å². The third-order valence-corrected chi connectivity index (χ3v) is 3.57. The Hall–Kier alpha value is -2.24. The average Bonchev–Trinajstić information content (AvgIpc) is 2.59. The molecule has 2 rings (SSSR count). The maximum Gasteiger partial charge on any atom is 0.315 e. The van der Waals surface area contributed by atoms with Crippen molar-refractivity contribution in [3.05, 3.63) is 64.7 Å².